The van der Waals surface area contributed by atoms with Crippen molar-refractivity contribution in [2.75, 3.05) is 12.4 Å². The molecule has 0 aliphatic rings. The monoisotopic (exact) mass is 492 g/mol. The van der Waals surface area contributed by atoms with Crippen LogP contribution in [0.3, 0.4) is 0 Å². The lowest BCUT2D eigenvalue weighted by atomic mass is 9.99. The number of halogens is 1. The number of nitrogens with one attached hydrogen (secondary N) is 2. The third-order valence-corrected chi connectivity index (χ3v) is 4.96. The average molecular weight is 493 g/mol. The van der Waals surface area contributed by atoms with E-state index in [-0.39, 0.29) is 5.75 Å². The van der Waals surface area contributed by atoms with E-state index in [4.69, 9.17) is 14.7 Å². The zero-order chi connectivity index (χ0) is 22.8. The van der Waals surface area contributed by atoms with Crippen molar-refractivity contribution in [2.24, 2.45) is 0 Å². The molecule has 31 heavy (non-hydrogen) atoms. The van der Waals surface area contributed by atoms with Gasteiger partial charge in [-0.05, 0) is 50.1 Å². The van der Waals surface area contributed by atoms with Gasteiger partial charge >= 0.3 is 6.09 Å². The van der Waals surface area contributed by atoms with Gasteiger partial charge < -0.3 is 14.6 Å². The summed E-state index contributed by atoms with van der Waals surface area (Å²) in [5, 5.41) is 21.6. The molecule has 2 atom stereocenters. The molecule has 2 amide bonds. The molecule has 0 aromatic heterocycles. The number of rotatable bonds is 9. The lowest BCUT2D eigenvalue weighted by Gasteiger charge is -2.27. The summed E-state index contributed by atoms with van der Waals surface area (Å²) in [4.78, 5) is 23.7. The van der Waals surface area contributed by atoms with Crippen LogP contribution in [-0.2, 0) is 14.3 Å². The summed E-state index contributed by atoms with van der Waals surface area (Å²) in [7, 11) is 1.47. The number of ether oxygens (including phenoxy) is 2. The Balaban J connectivity index is 2.21. The second-order valence-corrected chi connectivity index (χ2v) is 7.67. The predicted molar refractivity (Wildman–Crippen MR) is 119 cm³/mol. The molecule has 0 bridgehead atoms. The molecule has 0 radical (unpaired) electrons. The van der Waals surface area contributed by atoms with Crippen LogP contribution in [0, 0.1) is 6.92 Å². The molecule has 0 saturated carbocycles. The molecule has 2 aromatic rings. The quantitative estimate of drug-likeness (QED) is 0.230. The van der Waals surface area contributed by atoms with Crippen LogP contribution in [0.4, 0.5) is 10.5 Å². The summed E-state index contributed by atoms with van der Waals surface area (Å²) in [6.07, 6.45) is 1.27. The van der Waals surface area contributed by atoms with Gasteiger partial charge in [-0.3, -0.25) is 15.3 Å². The van der Waals surface area contributed by atoms with E-state index < -0.39 is 24.2 Å². The Labute approximate surface area is 189 Å². The summed E-state index contributed by atoms with van der Waals surface area (Å²) in [6.45, 7) is 1.94. The number of anilines is 1. The highest BCUT2D eigenvalue weighted by atomic mass is 79.9. The number of allylic oxidation sites excluding steroid dienone is 1. The van der Waals surface area contributed by atoms with Gasteiger partial charge in [0.1, 0.15) is 5.75 Å². The van der Waals surface area contributed by atoms with Crippen LogP contribution < -0.4 is 10.8 Å². The standard InChI is InChI=1S/C22H25BrN2O6/c1-14-7-10-16(11-8-14)24-22(28)31-21(17-13-15(23)9-12-18(17)26)19(30-2)5-3-4-6-20(27)25-29/h4,6-13,19,21,26,29H,3,5H2,1-2H3,(H,24,28)(H,25,27)/b6-4+/t19-,21-/m1/s1. The number of phenols is 1. The molecule has 0 unspecified atom stereocenters. The van der Waals surface area contributed by atoms with Crippen LogP contribution >= 0.6 is 15.9 Å². The number of amides is 2. The van der Waals surface area contributed by atoms with Crippen LogP contribution in [0.15, 0.2) is 59.1 Å². The number of carbonyl (C=O) groups excluding carboxylic acids is 2. The summed E-state index contributed by atoms with van der Waals surface area (Å²) in [6, 6.07) is 12.0. The molecule has 2 aromatic carbocycles. The van der Waals surface area contributed by atoms with E-state index >= 15 is 0 Å². The number of methoxy groups -OCH3 is 1. The number of aromatic hydroxyl groups is 1. The van der Waals surface area contributed by atoms with Gasteiger partial charge in [-0.15, -0.1) is 0 Å². The minimum Gasteiger partial charge on any atom is -0.508 e. The van der Waals surface area contributed by atoms with Gasteiger partial charge in [-0.2, -0.15) is 0 Å². The van der Waals surface area contributed by atoms with Gasteiger partial charge in [-0.25, -0.2) is 10.3 Å². The molecule has 8 nitrogen and oxygen atoms in total. The van der Waals surface area contributed by atoms with Crippen LogP contribution in [0.5, 0.6) is 5.75 Å². The van der Waals surface area contributed by atoms with Crippen LogP contribution in [0.2, 0.25) is 0 Å². The van der Waals surface area contributed by atoms with Crippen molar-refractivity contribution in [1.82, 2.24) is 5.48 Å². The second-order valence-electron chi connectivity index (χ2n) is 6.75. The van der Waals surface area contributed by atoms with E-state index in [9.17, 15) is 14.7 Å². The van der Waals surface area contributed by atoms with E-state index in [0.29, 0.717) is 28.6 Å². The van der Waals surface area contributed by atoms with Crippen molar-refractivity contribution in [3.63, 3.8) is 0 Å². The van der Waals surface area contributed by atoms with Crippen molar-refractivity contribution in [2.45, 2.75) is 32.0 Å². The highest BCUT2D eigenvalue weighted by Gasteiger charge is 2.29. The summed E-state index contributed by atoms with van der Waals surface area (Å²) < 4.78 is 11.9. The van der Waals surface area contributed by atoms with Gasteiger partial charge in [0, 0.05) is 28.9 Å². The zero-order valence-electron chi connectivity index (χ0n) is 17.2. The fourth-order valence-corrected chi connectivity index (χ4v) is 3.25. The van der Waals surface area contributed by atoms with Crippen LogP contribution in [0.1, 0.15) is 30.1 Å². The van der Waals surface area contributed by atoms with Crippen molar-refractivity contribution < 1.29 is 29.4 Å². The number of hydrogen-bond acceptors (Lipinski definition) is 6. The average Bonchev–Trinajstić information content (AvgIpc) is 2.75. The molecule has 2 rings (SSSR count). The first-order valence-electron chi connectivity index (χ1n) is 9.50. The predicted octanol–water partition coefficient (Wildman–Crippen LogP) is 4.61. The summed E-state index contributed by atoms with van der Waals surface area (Å²) in [5.41, 5.74) is 3.50. The molecule has 0 spiro atoms. The van der Waals surface area contributed by atoms with Crippen molar-refractivity contribution in [3.8, 4) is 5.75 Å². The fraction of sp³-hybridized carbons (Fsp3) is 0.273. The highest BCUT2D eigenvalue weighted by molar-refractivity contribution is 9.10. The molecule has 0 aliphatic heterocycles. The number of aryl methyl sites for hydroxylation is 1. The normalized spacial score (nSPS) is 12.9. The Morgan fingerprint density at radius 3 is 2.55 bits per heavy atom. The molecule has 0 fully saturated rings. The maximum atomic E-state index is 12.6. The second kappa shape index (κ2) is 12.1. The first-order chi connectivity index (χ1) is 14.8. The molecule has 0 heterocycles. The Kier molecular flexibility index (Phi) is 9.51. The van der Waals surface area contributed by atoms with E-state index in [1.807, 2.05) is 19.1 Å². The molecule has 4 N–H and O–H groups in total. The van der Waals surface area contributed by atoms with Crippen molar-refractivity contribution in [1.29, 1.82) is 0 Å². The third-order valence-electron chi connectivity index (χ3n) is 4.47. The Morgan fingerprint density at radius 1 is 1.19 bits per heavy atom. The van der Waals surface area contributed by atoms with Gasteiger partial charge in [0.25, 0.3) is 5.91 Å². The number of phenolic OH excluding ortho intramolecular Hbond substituents is 1. The molecular formula is C22H25BrN2O6. The molecular weight excluding hydrogens is 468 g/mol. The zero-order valence-corrected chi connectivity index (χ0v) is 18.8. The Morgan fingerprint density at radius 2 is 1.90 bits per heavy atom. The summed E-state index contributed by atoms with van der Waals surface area (Å²) in [5.74, 6) is -0.697. The summed E-state index contributed by atoms with van der Waals surface area (Å²) >= 11 is 3.36. The van der Waals surface area contributed by atoms with E-state index in [1.54, 1.807) is 30.3 Å². The SMILES string of the molecule is CO[C@H](CC/C=C/C(=O)NO)[C@H](OC(=O)Nc1ccc(C)cc1)c1cc(Br)ccc1O. The molecule has 0 aliphatic carbocycles. The van der Waals surface area contributed by atoms with E-state index in [2.05, 4.69) is 21.2 Å². The fourth-order valence-electron chi connectivity index (χ4n) is 2.87. The van der Waals surface area contributed by atoms with Crippen molar-refractivity contribution >= 4 is 33.6 Å². The number of carbonyl (C=O) groups is 2. The first-order valence-corrected chi connectivity index (χ1v) is 10.3. The van der Waals surface area contributed by atoms with E-state index in [0.717, 1.165) is 5.56 Å². The van der Waals surface area contributed by atoms with Crippen LogP contribution in [-0.4, -0.2) is 35.5 Å². The maximum absolute atomic E-state index is 12.6. The molecule has 9 heteroatoms. The largest absolute Gasteiger partial charge is 0.508 e. The lowest BCUT2D eigenvalue weighted by Crippen LogP contribution is -2.28. The maximum Gasteiger partial charge on any atom is 0.412 e. The lowest BCUT2D eigenvalue weighted by molar-refractivity contribution is -0.124. The number of hydrogen-bond donors (Lipinski definition) is 4. The first kappa shape index (κ1) is 24.4. The van der Waals surface area contributed by atoms with Gasteiger partial charge in [0.05, 0.1) is 6.10 Å². The topological polar surface area (TPSA) is 117 Å². The highest BCUT2D eigenvalue weighted by Crippen LogP contribution is 2.35. The Bertz CT molecular complexity index is 917. The van der Waals surface area contributed by atoms with E-state index in [1.165, 1.54) is 24.7 Å². The number of benzene rings is 2. The van der Waals surface area contributed by atoms with Crippen LogP contribution in [0.25, 0.3) is 0 Å². The van der Waals surface area contributed by atoms with Crippen molar-refractivity contribution in [3.05, 3.63) is 70.2 Å². The molecule has 0 saturated heterocycles. The number of hydroxylamine groups is 1. The third kappa shape index (κ3) is 7.71. The minimum absolute atomic E-state index is 0.0476. The van der Waals surface area contributed by atoms with Gasteiger partial charge in [0.2, 0.25) is 0 Å². The van der Waals surface area contributed by atoms with Gasteiger partial charge in [-0.1, -0.05) is 39.7 Å². The smallest absolute Gasteiger partial charge is 0.412 e. The minimum atomic E-state index is -0.923. The molecule has 166 valence electrons. The Hall–Kier alpha value is -2.88. The van der Waals surface area contributed by atoms with Gasteiger partial charge in [0.15, 0.2) is 6.10 Å².